The SMILES string of the molecule is O=C(CN1CCN2CCC[C@H]2C1)Nc1ccc(Br)cc1Cl. The molecule has 1 aromatic carbocycles. The molecule has 2 aliphatic heterocycles. The quantitative estimate of drug-likeness (QED) is 0.886. The molecule has 0 aliphatic carbocycles. The third-order valence-corrected chi connectivity index (χ3v) is 5.05. The van der Waals surface area contributed by atoms with Crippen molar-refractivity contribution >= 4 is 39.1 Å². The fourth-order valence-electron chi connectivity index (χ4n) is 3.18. The fourth-order valence-corrected chi connectivity index (χ4v) is 3.90. The molecule has 0 spiro atoms. The molecular weight excluding hydrogens is 354 g/mol. The van der Waals surface area contributed by atoms with Gasteiger partial charge in [0.1, 0.15) is 0 Å². The second-order valence-electron chi connectivity index (χ2n) is 5.74. The van der Waals surface area contributed by atoms with Gasteiger partial charge in [-0.3, -0.25) is 14.6 Å². The number of nitrogens with zero attached hydrogens (tertiary/aromatic N) is 2. The highest BCUT2D eigenvalue weighted by molar-refractivity contribution is 9.10. The van der Waals surface area contributed by atoms with Crippen LogP contribution < -0.4 is 5.32 Å². The van der Waals surface area contributed by atoms with Crippen molar-refractivity contribution in [3.63, 3.8) is 0 Å². The molecule has 0 radical (unpaired) electrons. The average Bonchev–Trinajstić information content (AvgIpc) is 2.89. The molecule has 1 N–H and O–H groups in total. The van der Waals surface area contributed by atoms with Crippen LogP contribution >= 0.6 is 27.5 Å². The van der Waals surface area contributed by atoms with Gasteiger partial charge in [-0.1, -0.05) is 27.5 Å². The van der Waals surface area contributed by atoms with Crippen molar-refractivity contribution in [2.75, 3.05) is 38.0 Å². The van der Waals surface area contributed by atoms with E-state index in [9.17, 15) is 4.79 Å². The van der Waals surface area contributed by atoms with Gasteiger partial charge in [-0.2, -0.15) is 0 Å². The highest BCUT2D eigenvalue weighted by atomic mass is 79.9. The van der Waals surface area contributed by atoms with Crippen LogP contribution in [0.25, 0.3) is 0 Å². The van der Waals surface area contributed by atoms with E-state index in [1.807, 2.05) is 12.1 Å². The molecule has 6 heteroatoms. The largest absolute Gasteiger partial charge is 0.324 e. The molecule has 114 valence electrons. The number of anilines is 1. The molecule has 0 saturated carbocycles. The Morgan fingerprint density at radius 2 is 2.24 bits per heavy atom. The van der Waals surface area contributed by atoms with E-state index in [4.69, 9.17) is 11.6 Å². The van der Waals surface area contributed by atoms with Crippen molar-refractivity contribution in [2.24, 2.45) is 0 Å². The number of hydrogen-bond acceptors (Lipinski definition) is 3. The summed E-state index contributed by atoms with van der Waals surface area (Å²) in [5.74, 6) is 0.00525. The summed E-state index contributed by atoms with van der Waals surface area (Å²) in [5.41, 5.74) is 0.671. The minimum Gasteiger partial charge on any atom is -0.324 e. The zero-order valence-corrected chi connectivity index (χ0v) is 14.2. The molecule has 3 rings (SSSR count). The summed E-state index contributed by atoms with van der Waals surface area (Å²) < 4.78 is 0.905. The number of halogens is 2. The molecule has 0 bridgehead atoms. The van der Waals surface area contributed by atoms with Gasteiger partial charge in [0.25, 0.3) is 0 Å². The Morgan fingerprint density at radius 3 is 3.05 bits per heavy atom. The van der Waals surface area contributed by atoms with E-state index in [0.717, 1.165) is 24.1 Å². The Labute approximate surface area is 138 Å². The number of amides is 1. The Balaban J connectivity index is 1.54. The molecule has 2 aliphatic rings. The lowest BCUT2D eigenvalue weighted by molar-refractivity contribution is -0.117. The van der Waals surface area contributed by atoms with E-state index >= 15 is 0 Å². The van der Waals surface area contributed by atoms with Crippen molar-refractivity contribution in [3.05, 3.63) is 27.7 Å². The lowest BCUT2D eigenvalue weighted by atomic mass is 10.1. The third kappa shape index (κ3) is 3.77. The number of piperazine rings is 1. The standard InChI is InChI=1S/C15H19BrClN3O/c16-11-3-4-14(13(17)8-11)18-15(21)10-19-6-7-20-5-1-2-12(20)9-19/h3-4,8,12H,1-2,5-7,9-10H2,(H,18,21)/t12-/m0/s1. The summed E-state index contributed by atoms with van der Waals surface area (Å²) in [6.07, 6.45) is 2.55. The first kappa shape index (κ1) is 15.3. The number of rotatable bonds is 3. The van der Waals surface area contributed by atoms with Crippen LogP contribution in [0.15, 0.2) is 22.7 Å². The van der Waals surface area contributed by atoms with Crippen molar-refractivity contribution < 1.29 is 4.79 Å². The first-order valence-corrected chi connectivity index (χ1v) is 8.50. The van der Waals surface area contributed by atoms with Crippen LogP contribution in [0.4, 0.5) is 5.69 Å². The summed E-state index contributed by atoms with van der Waals surface area (Å²) in [5, 5.41) is 3.45. The Morgan fingerprint density at radius 1 is 1.38 bits per heavy atom. The molecule has 2 heterocycles. The van der Waals surface area contributed by atoms with Crippen LogP contribution in [0.3, 0.4) is 0 Å². The Bertz CT molecular complexity index is 540. The van der Waals surface area contributed by atoms with Crippen LogP contribution in [0.2, 0.25) is 5.02 Å². The van der Waals surface area contributed by atoms with E-state index < -0.39 is 0 Å². The van der Waals surface area contributed by atoms with E-state index in [0.29, 0.717) is 23.3 Å². The number of benzene rings is 1. The second-order valence-corrected chi connectivity index (χ2v) is 7.06. The zero-order chi connectivity index (χ0) is 14.8. The molecule has 2 saturated heterocycles. The van der Waals surface area contributed by atoms with Crippen LogP contribution in [0.1, 0.15) is 12.8 Å². The molecule has 4 nitrogen and oxygen atoms in total. The Kier molecular flexibility index (Phi) is 4.84. The average molecular weight is 373 g/mol. The van der Waals surface area contributed by atoms with Gasteiger partial charge in [-0.05, 0) is 37.6 Å². The van der Waals surface area contributed by atoms with E-state index in [1.165, 1.54) is 19.4 Å². The molecule has 1 atom stereocenters. The number of carbonyl (C=O) groups is 1. The summed E-state index contributed by atoms with van der Waals surface area (Å²) in [4.78, 5) is 17.0. The number of nitrogens with one attached hydrogen (secondary N) is 1. The minimum atomic E-state index is 0.00525. The molecule has 2 fully saturated rings. The normalized spacial score (nSPS) is 23.0. The Hall–Kier alpha value is -0.620. The third-order valence-electron chi connectivity index (χ3n) is 4.24. The molecule has 1 aromatic rings. The van der Waals surface area contributed by atoms with E-state index in [1.54, 1.807) is 6.07 Å². The topological polar surface area (TPSA) is 35.6 Å². The number of fused-ring (bicyclic) bond motifs is 1. The van der Waals surface area contributed by atoms with Crippen molar-refractivity contribution in [1.82, 2.24) is 9.80 Å². The maximum absolute atomic E-state index is 12.2. The van der Waals surface area contributed by atoms with Crippen LogP contribution in [-0.2, 0) is 4.79 Å². The summed E-state index contributed by atoms with van der Waals surface area (Å²) in [6.45, 7) is 4.71. The first-order valence-electron chi connectivity index (χ1n) is 7.33. The number of carbonyl (C=O) groups excluding carboxylic acids is 1. The number of hydrogen-bond donors (Lipinski definition) is 1. The van der Waals surface area contributed by atoms with Gasteiger partial charge in [-0.15, -0.1) is 0 Å². The predicted octanol–water partition coefficient (Wildman–Crippen LogP) is 2.82. The van der Waals surface area contributed by atoms with Gasteiger partial charge in [-0.25, -0.2) is 0 Å². The monoisotopic (exact) mass is 371 g/mol. The first-order chi connectivity index (χ1) is 10.1. The molecule has 0 aromatic heterocycles. The smallest absolute Gasteiger partial charge is 0.238 e. The van der Waals surface area contributed by atoms with Crippen LogP contribution in [0, 0.1) is 0 Å². The molecule has 0 unspecified atom stereocenters. The van der Waals surface area contributed by atoms with Gasteiger partial charge >= 0.3 is 0 Å². The molecule has 21 heavy (non-hydrogen) atoms. The van der Waals surface area contributed by atoms with Crippen molar-refractivity contribution in [1.29, 1.82) is 0 Å². The van der Waals surface area contributed by atoms with Gasteiger partial charge < -0.3 is 5.32 Å². The highest BCUT2D eigenvalue weighted by Gasteiger charge is 2.31. The van der Waals surface area contributed by atoms with Gasteiger partial charge in [0.15, 0.2) is 0 Å². The van der Waals surface area contributed by atoms with Crippen LogP contribution in [0.5, 0.6) is 0 Å². The van der Waals surface area contributed by atoms with Gasteiger partial charge in [0, 0.05) is 30.1 Å². The lowest BCUT2D eigenvalue weighted by Crippen LogP contribution is -2.51. The maximum Gasteiger partial charge on any atom is 0.238 e. The maximum atomic E-state index is 12.2. The predicted molar refractivity (Wildman–Crippen MR) is 88.8 cm³/mol. The summed E-state index contributed by atoms with van der Waals surface area (Å²) in [6, 6.07) is 6.12. The zero-order valence-electron chi connectivity index (χ0n) is 11.8. The lowest BCUT2D eigenvalue weighted by Gasteiger charge is -2.37. The minimum absolute atomic E-state index is 0.00525. The highest BCUT2D eigenvalue weighted by Crippen LogP contribution is 2.26. The van der Waals surface area contributed by atoms with E-state index in [-0.39, 0.29) is 5.91 Å². The summed E-state index contributed by atoms with van der Waals surface area (Å²) >= 11 is 9.48. The fraction of sp³-hybridized carbons (Fsp3) is 0.533. The van der Waals surface area contributed by atoms with Crippen molar-refractivity contribution in [2.45, 2.75) is 18.9 Å². The van der Waals surface area contributed by atoms with Gasteiger partial charge in [0.2, 0.25) is 5.91 Å². The molecule has 1 amide bonds. The molecular formula is C15H19BrClN3O. The van der Waals surface area contributed by atoms with Crippen LogP contribution in [-0.4, -0.2) is 54.5 Å². The second kappa shape index (κ2) is 6.65. The van der Waals surface area contributed by atoms with Crippen molar-refractivity contribution in [3.8, 4) is 0 Å². The van der Waals surface area contributed by atoms with Gasteiger partial charge in [0.05, 0.1) is 17.3 Å². The van der Waals surface area contributed by atoms with E-state index in [2.05, 4.69) is 31.0 Å². The summed E-state index contributed by atoms with van der Waals surface area (Å²) in [7, 11) is 0.